The number of halogens is 2. The Morgan fingerprint density at radius 1 is 1.16 bits per heavy atom. The number of aromatic nitrogens is 4. The molecule has 0 radical (unpaired) electrons. The third kappa shape index (κ3) is 4.07. The summed E-state index contributed by atoms with van der Waals surface area (Å²) >= 11 is 11.8. The maximum Gasteiger partial charge on any atom is 0.246 e. The van der Waals surface area contributed by atoms with Gasteiger partial charge in [-0.25, -0.2) is 4.68 Å². The van der Waals surface area contributed by atoms with Gasteiger partial charge in [-0.2, -0.15) is 0 Å². The first-order valence-electron chi connectivity index (χ1n) is 7.22. The van der Waals surface area contributed by atoms with E-state index in [1.165, 1.54) is 11.8 Å². The van der Waals surface area contributed by atoms with Crippen LogP contribution in [0.1, 0.15) is 0 Å². The molecule has 128 valence electrons. The summed E-state index contributed by atoms with van der Waals surface area (Å²) in [4.78, 5) is 12.3. The highest BCUT2D eigenvalue weighted by atomic mass is 35.5. The molecule has 0 unspecified atom stereocenters. The summed E-state index contributed by atoms with van der Waals surface area (Å²) in [6.07, 6.45) is 0. The fourth-order valence-electron chi connectivity index (χ4n) is 2.22. The molecule has 3 rings (SSSR count). The number of amides is 1. The highest BCUT2D eigenvalue weighted by Gasteiger charge is 2.14. The number of nitrogens with one attached hydrogen (secondary N) is 1. The first-order valence-corrected chi connectivity index (χ1v) is 7.98. The van der Waals surface area contributed by atoms with Gasteiger partial charge in [0.1, 0.15) is 12.3 Å². The predicted molar refractivity (Wildman–Crippen MR) is 94.9 cm³/mol. The first kappa shape index (κ1) is 17.2. The highest BCUT2D eigenvalue weighted by molar-refractivity contribution is 6.31. The van der Waals surface area contributed by atoms with Crippen LogP contribution < -0.4 is 10.1 Å². The Balaban J connectivity index is 1.78. The number of methoxy groups -OCH3 is 1. The number of hydrogen-bond donors (Lipinski definition) is 1. The zero-order valence-corrected chi connectivity index (χ0v) is 14.6. The Labute approximate surface area is 153 Å². The minimum Gasteiger partial charge on any atom is -0.495 e. The van der Waals surface area contributed by atoms with Gasteiger partial charge in [-0.05, 0) is 52.9 Å². The number of anilines is 1. The molecule has 0 saturated heterocycles. The molecular weight excluding hydrogens is 365 g/mol. The standard InChI is InChI=1S/C16H13Cl2N5O2/c1-25-14-7-6-12(18)8-13(14)19-15(24)9-23-16(20-21-22-23)10-2-4-11(17)5-3-10/h2-8H,9H2,1H3,(H,19,24). The lowest BCUT2D eigenvalue weighted by molar-refractivity contribution is -0.116. The van der Waals surface area contributed by atoms with E-state index in [9.17, 15) is 4.79 Å². The van der Waals surface area contributed by atoms with Crippen LogP contribution in [-0.2, 0) is 11.3 Å². The summed E-state index contributed by atoms with van der Waals surface area (Å²) in [6.45, 7) is -0.0688. The van der Waals surface area contributed by atoms with Gasteiger partial charge in [0.05, 0.1) is 12.8 Å². The molecule has 1 heterocycles. The summed E-state index contributed by atoms with van der Waals surface area (Å²) in [5, 5.41) is 15.3. The number of carbonyl (C=O) groups excluding carboxylic acids is 1. The van der Waals surface area contributed by atoms with Gasteiger partial charge in [-0.1, -0.05) is 23.2 Å². The summed E-state index contributed by atoms with van der Waals surface area (Å²) in [5.74, 6) is 0.653. The third-order valence-electron chi connectivity index (χ3n) is 3.36. The van der Waals surface area contributed by atoms with Crippen molar-refractivity contribution in [2.75, 3.05) is 12.4 Å². The molecule has 9 heteroatoms. The molecule has 1 amide bonds. The zero-order valence-electron chi connectivity index (χ0n) is 13.1. The normalized spacial score (nSPS) is 10.5. The van der Waals surface area contributed by atoms with Crippen LogP contribution in [0.5, 0.6) is 5.75 Å². The smallest absolute Gasteiger partial charge is 0.246 e. The Kier molecular flexibility index (Phi) is 5.16. The molecule has 0 atom stereocenters. The van der Waals surface area contributed by atoms with Crippen LogP contribution in [0.3, 0.4) is 0 Å². The first-order chi connectivity index (χ1) is 12.1. The van der Waals surface area contributed by atoms with E-state index in [1.807, 2.05) is 0 Å². The van der Waals surface area contributed by atoms with E-state index < -0.39 is 0 Å². The van der Waals surface area contributed by atoms with E-state index in [2.05, 4.69) is 20.8 Å². The number of benzene rings is 2. The van der Waals surface area contributed by atoms with Crippen molar-refractivity contribution in [3.63, 3.8) is 0 Å². The van der Waals surface area contributed by atoms with Crippen molar-refractivity contribution in [2.24, 2.45) is 0 Å². The fraction of sp³-hybridized carbons (Fsp3) is 0.125. The van der Waals surface area contributed by atoms with Crippen LogP contribution >= 0.6 is 23.2 Å². The molecule has 25 heavy (non-hydrogen) atoms. The maximum absolute atomic E-state index is 12.3. The quantitative estimate of drug-likeness (QED) is 0.737. The van der Waals surface area contributed by atoms with E-state index in [1.54, 1.807) is 42.5 Å². The molecule has 0 aliphatic carbocycles. The van der Waals surface area contributed by atoms with Crippen LogP contribution in [0.15, 0.2) is 42.5 Å². The van der Waals surface area contributed by atoms with Crippen molar-refractivity contribution in [2.45, 2.75) is 6.54 Å². The lowest BCUT2D eigenvalue weighted by atomic mass is 10.2. The van der Waals surface area contributed by atoms with E-state index in [-0.39, 0.29) is 12.5 Å². The summed E-state index contributed by atoms with van der Waals surface area (Å²) < 4.78 is 6.61. The summed E-state index contributed by atoms with van der Waals surface area (Å²) in [7, 11) is 1.51. The number of rotatable bonds is 5. The van der Waals surface area contributed by atoms with E-state index in [0.29, 0.717) is 27.3 Å². The predicted octanol–water partition coefficient (Wildman–Crippen LogP) is 3.29. The van der Waals surface area contributed by atoms with Gasteiger partial charge in [-0.3, -0.25) is 4.79 Å². The van der Waals surface area contributed by atoms with Gasteiger partial charge < -0.3 is 10.1 Å². The van der Waals surface area contributed by atoms with Gasteiger partial charge in [0.15, 0.2) is 5.82 Å². The molecule has 0 fully saturated rings. The molecule has 0 saturated carbocycles. The van der Waals surface area contributed by atoms with Crippen molar-refractivity contribution < 1.29 is 9.53 Å². The molecule has 1 aromatic heterocycles. The number of nitrogens with zero attached hydrogens (tertiary/aromatic N) is 4. The fourth-order valence-corrected chi connectivity index (χ4v) is 2.52. The lowest BCUT2D eigenvalue weighted by Gasteiger charge is -2.11. The van der Waals surface area contributed by atoms with Crippen LogP contribution in [0, 0.1) is 0 Å². The number of tetrazole rings is 1. The van der Waals surface area contributed by atoms with Gasteiger partial charge >= 0.3 is 0 Å². The van der Waals surface area contributed by atoms with Gasteiger partial charge in [0, 0.05) is 15.6 Å². The topological polar surface area (TPSA) is 81.9 Å². The van der Waals surface area contributed by atoms with Gasteiger partial charge in [0.2, 0.25) is 5.91 Å². The number of carbonyl (C=O) groups is 1. The minimum atomic E-state index is -0.317. The average Bonchev–Trinajstić information content (AvgIpc) is 3.03. The van der Waals surface area contributed by atoms with Crippen LogP contribution in [0.25, 0.3) is 11.4 Å². The second-order valence-corrected chi connectivity index (χ2v) is 5.93. The lowest BCUT2D eigenvalue weighted by Crippen LogP contribution is -2.20. The summed E-state index contributed by atoms with van der Waals surface area (Å²) in [5.41, 5.74) is 1.23. The molecule has 0 aliphatic rings. The minimum absolute atomic E-state index is 0.0688. The van der Waals surface area contributed by atoms with Crippen molar-refractivity contribution in [1.29, 1.82) is 0 Å². The van der Waals surface area contributed by atoms with Crippen LogP contribution in [0.4, 0.5) is 5.69 Å². The summed E-state index contributed by atoms with van der Waals surface area (Å²) in [6, 6.07) is 12.0. The molecule has 3 aromatic rings. The molecule has 0 bridgehead atoms. The van der Waals surface area contributed by atoms with Crippen molar-refractivity contribution in [3.05, 3.63) is 52.5 Å². The molecule has 1 N–H and O–H groups in total. The van der Waals surface area contributed by atoms with Gasteiger partial charge in [-0.15, -0.1) is 5.10 Å². The largest absolute Gasteiger partial charge is 0.495 e. The molecular formula is C16H13Cl2N5O2. The Morgan fingerprint density at radius 2 is 1.88 bits per heavy atom. The van der Waals surface area contributed by atoms with E-state index in [4.69, 9.17) is 27.9 Å². The van der Waals surface area contributed by atoms with Gasteiger partial charge in [0.25, 0.3) is 0 Å². The van der Waals surface area contributed by atoms with E-state index in [0.717, 1.165) is 5.56 Å². The Bertz CT molecular complexity index is 896. The molecule has 0 spiro atoms. The average molecular weight is 378 g/mol. The highest BCUT2D eigenvalue weighted by Crippen LogP contribution is 2.27. The Morgan fingerprint density at radius 3 is 2.60 bits per heavy atom. The van der Waals surface area contributed by atoms with Crippen molar-refractivity contribution in [1.82, 2.24) is 20.2 Å². The van der Waals surface area contributed by atoms with Crippen LogP contribution in [0.2, 0.25) is 10.0 Å². The monoisotopic (exact) mass is 377 g/mol. The SMILES string of the molecule is COc1ccc(Cl)cc1NC(=O)Cn1nnnc1-c1ccc(Cl)cc1. The maximum atomic E-state index is 12.3. The third-order valence-corrected chi connectivity index (χ3v) is 3.85. The van der Waals surface area contributed by atoms with Crippen molar-refractivity contribution >= 4 is 34.8 Å². The molecule has 0 aliphatic heterocycles. The number of ether oxygens (including phenoxy) is 1. The second kappa shape index (κ2) is 7.50. The number of hydrogen-bond acceptors (Lipinski definition) is 5. The van der Waals surface area contributed by atoms with Crippen molar-refractivity contribution in [3.8, 4) is 17.1 Å². The zero-order chi connectivity index (χ0) is 17.8. The molecule has 7 nitrogen and oxygen atoms in total. The van der Waals surface area contributed by atoms with Crippen LogP contribution in [-0.4, -0.2) is 33.2 Å². The van der Waals surface area contributed by atoms with E-state index >= 15 is 0 Å². The molecule has 2 aromatic carbocycles. The Hall–Kier alpha value is -2.64. The second-order valence-electron chi connectivity index (χ2n) is 5.06.